The molecular formula is C22H21N7O. The predicted octanol–water partition coefficient (Wildman–Crippen LogP) is 2.58. The Bertz CT molecular complexity index is 1300. The fourth-order valence-corrected chi connectivity index (χ4v) is 3.69. The summed E-state index contributed by atoms with van der Waals surface area (Å²) in [6.07, 6.45) is 3.38. The van der Waals surface area contributed by atoms with Crippen molar-refractivity contribution >= 4 is 22.6 Å². The summed E-state index contributed by atoms with van der Waals surface area (Å²) in [6, 6.07) is 11.7. The molecule has 0 radical (unpaired) electrons. The molecule has 4 N–H and O–H groups in total. The number of aryl methyl sites for hydroxylation is 1. The van der Waals surface area contributed by atoms with Crippen LogP contribution < -0.4 is 16.2 Å². The lowest BCUT2D eigenvalue weighted by Gasteiger charge is -2.09. The number of rotatable bonds is 5. The van der Waals surface area contributed by atoms with Gasteiger partial charge in [-0.15, -0.1) is 0 Å². The molecule has 150 valence electrons. The van der Waals surface area contributed by atoms with Crippen LogP contribution in [0.25, 0.3) is 22.4 Å². The summed E-state index contributed by atoms with van der Waals surface area (Å²) in [5.41, 5.74) is 5.60. The lowest BCUT2D eigenvalue weighted by molar-refractivity contribution is 0.960. The van der Waals surface area contributed by atoms with Crippen LogP contribution in [0.15, 0.2) is 58.6 Å². The van der Waals surface area contributed by atoms with E-state index in [0.29, 0.717) is 23.6 Å². The summed E-state index contributed by atoms with van der Waals surface area (Å²) in [7, 11) is 0. The van der Waals surface area contributed by atoms with Crippen LogP contribution in [0.1, 0.15) is 16.8 Å². The number of H-pyrrole nitrogens is 2. The second-order valence-electron chi connectivity index (χ2n) is 7.20. The zero-order valence-electron chi connectivity index (χ0n) is 16.5. The first kappa shape index (κ1) is 18.1. The highest BCUT2D eigenvalue weighted by Crippen LogP contribution is 2.27. The number of benzene rings is 1. The van der Waals surface area contributed by atoms with Gasteiger partial charge in [0.1, 0.15) is 17.2 Å². The number of aromatic amines is 2. The van der Waals surface area contributed by atoms with Crippen LogP contribution in [-0.4, -0.2) is 38.9 Å². The van der Waals surface area contributed by atoms with E-state index in [-0.39, 0.29) is 5.56 Å². The van der Waals surface area contributed by atoms with Crippen molar-refractivity contribution in [2.45, 2.75) is 13.5 Å². The Hall–Kier alpha value is -3.94. The molecule has 1 aliphatic rings. The Labute approximate surface area is 172 Å². The van der Waals surface area contributed by atoms with E-state index in [4.69, 9.17) is 4.98 Å². The maximum atomic E-state index is 12.7. The number of hydrogen-bond donors (Lipinski definition) is 4. The molecule has 5 rings (SSSR count). The normalized spacial score (nSPS) is 13.3. The number of hydrogen-bond acceptors (Lipinski definition) is 6. The van der Waals surface area contributed by atoms with Crippen molar-refractivity contribution in [2.24, 2.45) is 4.99 Å². The van der Waals surface area contributed by atoms with Crippen molar-refractivity contribution in [3.05, 3.63) is 76.0 Å². The van der Waals surface area contributed by atoms with Crippen LogP contribution >= 0.6 is 0 Å². The number of nitrogens with one attached hydrogen (secondary N) is 4. The second-order valence-corrected chi connectivity index (χ2v) is 7.20. The number of aromatic nitrogens is 4. The van der Waals surface area contributed by atoms with Gasteiger partial charge in [0.15, 0.2) is 0 Å². The fourth-order valence-electron chi connectivity index (χ4n) is 3.69. The van der Waals surface area contributed by atoms with Gasteiger partial charge in [0.2, 0.25) is 0 Å². The SMILES string of the molecule is Cc1cc(C2=NCCN2)cc2[nH]c(-c3c(NCc4ccccn4)cc[nH]c3=O)nc12. The van der Waals surface area contributed by atoms with Crippen molar-refractivity contribution in [3.8, 4) is 11.4 Å². The molecule has 1 aliphatic heterocycles. The summed E-state index contributed by atoms with van der Waals surface area (Å²) in [4.78, 5) is 32.3. The average Bonchev–Trinajstić information content (AvgIpc) is 3.43. The number of pyridine rings is 2. The van der Waals surface area contributed by atoms with Gasteiger partial charge >= 0.3 is 0 Å². The topological polar surface area (TPSA) is 111 Å². The lowest BCUT2D eigenvalue weighted by Crippen LogP contribution is -2.19. The van der Waals surface area contributed by atoms with Gasteiger partial charge in [-0.2, -0.15) is 0 Å². The molecule has 0 atom stereocenters. The highest BCUT2D eigenvalue weighted by Gasteiger charge is 2.17. The Balaban J connectivity index is 1.55. The van der Waals surface area contributed by atoms with Crippen LogP contribution in [0.2, 0.25) is 0 Å². The van der Waals surface area contributed by atoms with Gasteiger partial charge in [0, 0.05) is 24.5 Å². The number of aliphatic imine (C=N–C) groups is 1. The third kappa shape index (κ3) is 3.32. The minimum absolute atomic E-state index is 0.209. The molecule has 1 aromatic carbocycles. The van der Waals surface area contributed by atoms with E-state index in [0.717, 1.165) is 46.8 Å². The molecule has 8 heteroatoms. The van der Waals surface area contributed by atoms with E-state index in [9.17, 15) is 4.79 Å². The average molecular weight is 399 g/mol. The van der Waals surface area contributed by atoms with E-state index in [1.165, 1.54) is 0 Å². The molecule has 0 spiro atoms. The molecule has 4 aromatic rings. The largest absolute Gasteiger partial charge is 0.379 e. The standard InChI is InChI=1S/C22H21N7O/c1-13-10-14(20-24-8-9-25-20)11-17-19(13)29-21(28-17)18-16(5-7-26-22(18)30)27-12-15-4-2-3-6-23-15/h2-7,10-11H,8-9,12H2,1H3,(H,24,25)(H,28,29)(H2,26,27,30). The summed E-state index contributed by atoms with van der Waals surface area (Å²) in [6.45, 7) is 4.16. The molecule has 3 aromatic heterocycles. The molecule has 0 fully saturated rings. The van der Waals surface area contributed by atoms with E-state index < -0.39 is 0 Å². The molecule has 0 bridgehead atoms. The molecule has 0 saturated carbocycles. The smallest absolute Gasteiger partial charge is 0.261 e. The van der Waals surface area contributed by atoms with Crippen molar-refractivity contribution in [1.82, 2.24) is 25.3 Å². The van der Waals surface area contributed by atoms with Crippen molar-refractivity contribution in [1.29, 1.82) is 0 Å². The van der Waals surface area contributed by atoms with Gasteiger partial charge in [-0.05, 0) is 42.8 Å². The first-order valence-electron chi connectivity index (χ1n) is 9.84. The van der Waals surface area contributed by atoms with Crippen LogP contribution in [-0.2, 0) is 6.54 Å². The molecule has 0 saturated heterocycles. The molecule has 0 aliphatic carbocycles. The van der Waals surface area contributed by atoms with Gasteiger partial charge in [-0.1, -0.05) is 6.07 Å². The minimum atomic E-state index is -0.209. The summed E-state index contributed by atoms with van der Waals surface area (Å²) in [5, 5.41) is 6.61. The van der Waals surface area contributed by atoms with E-state index in [1.54, 1.807) is 12.4 Å². The Morgan fingerprint density at radius 3 is 2.93 bits per heavy atom. The highest BCUT2D eigenvalue weighted by atomic mass is 16.1. The zero-order chi connectivity index (χ0) is 20.5. The number of fused-ring (bicyclic) bond motifs is 1. The third-order valence-corrected chi connectivity index (χ3v) is 5.11. The monoisotopic (exact) mass is 399 g/mol. The second kappa shape index (κ2) is 7.47. The number of imidazole rings is 1. The maximum absolute atomic E-state index is 12.7. The fraction of sp³-hybridized carbons (Fsp3) is 0.182. The van der Waals surface area contributed by atoms with Gasteiger partial charge in [0.05, 0.1) is 35.5 Å². The number of nitrogens with zero attached hydrogens (tertiary/aromatic N) is 3. The molecule has 0 amide bonds. The van der Waals surface area contributed by atoms with Crippen LogP contribution in [0, 0.1) is 6.92 Å². The molecule has 4 heterocycles. The van der Waals surface area contributed by atoms with Crippen molar-refractivity contribution < 1.29 is 0 Å². The van der Waals surface area contributed by atoms with E-state index >= 15 is 0 Å². The Morgan fingerprint density at radius 2 is 2.13 bits per heavy atom. The van der Waals surface area contributed by atoms with Crippen LogP contribution in [0.5, 0.6) is 0 Å². The summed E-state index contributed by atoms with van der Waals surface area (Å²) >= 11 is 0. The zero-order valence-corrected chi connectivity index (χ0v) is 16.5. The first-order chi connectivity index (χ1) is 14.7. The summed E-state index contributed by atoms with van der Waals surface area (Å²) in [5.74, 6) is 1.42. The Morgan fingerprint density at radius 1 is 1.20 bits per heavy atom. The maximum Gasteiger partial charge on any atom is 0.261 e. The molecule has 0 unspecified atom stereocenters. The van der Waals surface area contributed by atoms with Gasteiger partial charge < -0.3 is 20.6 Å². The van der Waals surface area contributed by atoms with E-state index in [2.05, 4.69) is 36.6 Å². The van der Waals surface area contributed by atoms with Crippen molar-refractivity contribution in [2.75, 3.05) is 18.4 Å². The number of anilines is 1. The van der Waals surface area contributed by atoms with Crippen LogP contribution in [0.4, 0.5) is 5.69 Å². The van der Waals surface area contributed by atoms with Gasteiger partial charge in [-0.3, -0.25) is 14.8 Å². The predicted molar refractivity (Wildman–Crippen MR) is 118 cm³/mol. The number of amidine groups is 1. The third-order valence-electron chi connectivity index (χ3n) is 5.11. The molecule has 8 nitrogen and oxygen atoms in total. The Kier molecular flexibility index (Phi) is 4.51. The first-order valence-corrected chi connectivity index (χ1v) is 9.84. The van der Waals surface area contributed by atoms with Crippen molar-refractivity contribution in [3.63, 3.8) is 0 Å². The lowest BCUT2D eigenvalue weighted by atomic mass is 10.1. The minimum Gasteiger partial charge on any atom is -0.379 e. The van der Waals surface area contributed by atoms with Gasteiger partial charge in [0.25, 0.3) is 5.56 Å². The molecule has 30 heavy (non-hydrogen) atoms. The quantitative estimate of drug-likeness (QED) is 0.412. The van der Waals surface area contributed by atoms with E-state index in [1.807, 2.05) is 37.3 Å². The van der Waals surface area contributed by atoms with Crippen LogP contribution in [0.3, 0.4) is 0 Å². The molecular weight excluding hydrogens is 378 g/mol. The summed E-state index contributed by atoms with van der Waals surface area (Å²) < 4.78 is 0. The van der Waals surface area contributed by atoms with Gasteiger partial charge in [-0.25, -0.2) is 4.98 Å². The highest BCUT2D eigenvalue weighted by molar-refractivity contribution is 6.03.